The van der Waals surface area contributed by atoms with Gasteiger partial charge in [-0.25, -0.2) is 9.97 Å². The summed E-state index contributed by atoms with van der Waals surface area (Å²) in [5.41, 5.74) is 0. The number of halogens is 1. The lowest BCUT2D eigenvalue weighted by Crippen LogP contribution is -2.27. The van der Waals surface area contributed by atoms with Crippen molar-refractivity contribution in [1.82, 2.24) is 9.97 Å². The van der Waals surface area contributed by atoms with Crippen molar-refractivity contribution in [2.24, 2.45) is 0 Å². The molecule has 0 aliphatic carbocycles. The molecule has 0 amide bonds. The van der Waals surface area contributed by atoms with Gasteiger partial charge in [0.1, 0.15) is 0 Å². The molecule has 0 spiro atoms. The first-order chi connectivity index (χ1) is 10.0. The molecular weight excluding hydrogens is 333 g/mol. The number of rotatable bonds is 10. The Kier molecular flexibility index (Phi) is 8.88. The summed E-state index contributed by atoms with van der Waals surface area (Å²) in [5, 5.41) is 0. The highest BCUT2D eigenvalue weighted by Gasteiger charge is 2.09. The molecule has 0 radical (unpaired) electrons. The van der Waals surface area contributed by atoms with Crippen LogP contribution in [-0.2, 0) is 9.31 Å². The third kappa shape index (κ3) is 7.78. The zero-order valence-electron chi connectivity index (χ0n) is 13.4. The molecule has 7 heteroatoms. The van der Waals surface area contributed by atoms with E-state index in [1.54, 1.807) is 12.4 Å². The second-order valence-electron chi connectivity index (χ2n) is 5.23. The van der Waals surface area contributed by atoms with E-state index in [0.29, 0.717) is 7.69 Å². The van der Waals surface area contributed by atoms with Crippen molar-refractivity contribution in [1.29, 1.82) is 0 Å². The molecule has 0 fully saturated rings. The maximum Gasteiger partial charge on any atom is 0.438 e. The Morgan fingerprint density at radius 1 is 1.24 bits per heavy atom. The van der Waals surface area contributed by atoms with Crippen molar-refractivity contribution in [2.75, 3.05) is 18.0 Å². The molecule has 0 bridgehead atoms. The maximum atomic E-state index is 5.61. The minimum absolute atomic E-state index is 0.202. The summed E-state index contributed by atoms with van der Waals surface area (Å²) in [6, 6.07) is 0. The number of nitrogens with zero attached hydrogens (tertiary/aromatic N) is 3. The third-order valence-electron chi connectivity index (χ3n) is 3.06. The number of anilines is 1. The number of hydrogen-bond donors (Lipinski definition) is 0. The molecule has 21 heavy (non-hydrogen) atoms. The fourth-order valence-electron chi connectivity index (χ4n) is 1.81. The summed E-state index contributed by atoms with van der Waals surface area (Å²) in [6.07, 6.45) is 6.00. The first-order valence-electron chi connectivity index (χ1n) is 7.48. The molecule has 0 aromatic carbocycles. The summed E-state index contributed by atoms with van der Waals surface area (Å²) < 4.78 is 11.9. The molecule has 0 saturated heterocycles. The predicted molar refractivity (Wildman–Crippen MR) is 90.8 cm³/mol. The van der Waals surface area contributed by atoms with Crippen LogP contribution in [0.5, 0.6) is 0 Å². The summed E-state index contributed by atoms with van der Waals surface area (Å²) in [4.78, 5) is 10.8. The predicted octanol–water partition coefficient (Wildman–Crippen LogP) is 2.94. The first kappa shape index (κ1) is 18.4. The zero-order chi connectivity index (χ0) is 15.7. The van der Waals surface area contributed by atoms with Crippen molar-refractivity contribution in [2.45, 2.75) is 52.7 Å². The SMILES string of the molecule is CCN(CCCC(C)OBOC(C)C)c1ncc(Br)cn1. The van der Waals surface area contributed by atoms with Crippen LogP contribution in [0.3, 0.4) is 0 Å². The van der Waals surface area contributed by atoms with Crippen LogP contribution in [0.2, 0.25) is 0 Å². The molecule has 118 valence electrons. The van der Waals surface area contributed by atoms with Crippen LogP contribution in [-0.4, -0.2) is 43.0 Å². The van der Waals surface area contributed by atoms with Gasteiger partial charge in [0, 0.05) is 37.7 Å². The monoisotopic (exact) mass is 357 g/mol. The van der Waals surface area contributed by atoms with Crippen LogP contribution in [0.15, 0.2) is 16.9 Å². The highest BCUT2D eigenvalue weighted by Crippen LogP contribution is 2.12. The maximum absolute atomic E-state index is 5.61. The van der Waals surface area contributed by atoms with E-state index in [1.807, 2.05) is 13.8 Å². The molecule has 0 saturated carbocycles. The molecule has 1 atom stereocenters. The van der Waals surface area contributed by atoms with Gasteiger partial charge in [0.05, 0.1) is 4.47 Å². The van der Waals surface area contributed by atoms with Gasteiger partial charge in [-0.15, -0.1) is 0 Å². The van der Waals surface area contributed by atoms with Gasteiger partial charge in [-0.2, -0.15) is 0 Å². The van der Waals surface area contributed by atoms with Crippen molar-refractivity contribution in [3.8, 4) is 0 Å². The van der Waals surface area contributed by atoms with Gasteiger partial charge in [0.15, 0.2) is 0 Å². The Morgan fingerprint density at radius 3 is 2.48 bits per heavy atom. The van der Waals surface area contributed by atoms with Gasteiger partial charge in [-0.3, -0.25) is 0 Å². The highest BCUT2D eigenvalue weighted by molar-refractivity contribution is 9.10. The van der Waals surface area contributed by atoms with Gasteiger partial charge in [-0.1, -0.05) is 0 Å². The smallest absolute Gasteiger partial charge is 0.412 e. The topological polar surface area (TPSA) is 47.5 Å². The van der Waals surface area contributed by atoms with E-state index in [9.17, 15) is 0 Å². The van der Waals surface area contributed by atoms with E-state index in [-0.39, 0.29) is 12.2 Å². The molecule has 1 aromatic rings. The Balaban J connectivity index is 2.27. The standard InChI is InChI=1S/C14H25BBrN3O2/c1-5-19(14-17-9-13(16)10-18-14)8-6-7-12(4)21-15-20-11(2)3/h9-12,15H,5-8H2,1-4H3. The summed E-state index contributed by atoms with van der Waals surface area (Å²) in [6.45, 7) is 10.0. The minimum atomic E-state index is 0.202. The molecule has 1 heterocycles. The van der Waals surface area contributed by atoms with Crippen LogP contribution >= 0.6 is 15.9 Å². The van der Waals surface area contributed by atoms with E-state index >= 15 is 0 Å². The second-order valence-corrected chi connectivity index (χ2v) is 6.15. The van der Waals surface area contributed by atoms with Crippen LogP contribution in [0.4, 0.5) is 5.95 Å². The average molecular weight is 358 g/mol. The quantitative estimate of drug-likeness (QED) is 0.602. The number of hydrogen-bond acceptors (Lipinski definition) is 5. The normalized spacial score (nSPS) is 12.5. The van der Waals surface area contributed by atoms with Gasteiger partial charge >= 0.3 is 7.69 Å². The molecule has 5 nitrogen and oxygen atoms in total. The van der Waals surface area contributed by atoms with Crippen LogP contribution < -0.4 is 4.90 Å². The van der Waals surface area contributed by atoms with E-state index in [0.717, 1.165) is 36.4 Å². The second kappa shape index (κ2) is 10.1. The summed E-state index contributed by atoms with van der Waals surface area (Å²) >= 11 is 3.35. The molecule has 0 aliphatic heterocycles. The van der Waals surface area contributed by atoms with E-state index in [1.165, 1.54) is 0 Å². The Morgan fingerprint density at radius 2 is 1.90 bits per heavy atom. The van der Waals surface area contributed by atoms with Crippen LogP contribution in [0.1, 0.15) is 40.5 Å². The largest absolute Gasteiger partial charge is 0.438 e. The zero-order valence-corrected chi connectivity index (χ0v) is 15.0. The van der Waals surface area contributed by atoms with Crippen molar-refractivity contribution in [3.05, 3.63) is 16.9 Å². The van der Waals surface area contributed by atoms with E-state index in [2.05, 4.69) is 44.6 Å². The molecule has 0 aliphatic rings. The lowest BCUT2D eigenvalue weighted by atomic mass is 10.2. The minimum Gasteiger partial charge on any atom is -0.412 e. The Bertz CT molecular complexity index is 392. The van der Waals surface area contributed by atoms with Crippen molar-refractivity contribution < 1.29 is 9.31 Å². The molecule has 1 rings (SSSR count). The van der Waals surface area contributed by atoms with Crippen molar-refractivity contribution in [3.63, 3.8) is 0 Å². The molecule has 1 aromatic heterocycles. The lowest BCUT2D eigenvalue weighted by molar-refractivity contribution is 0.137. The van der Waals surface area contributed by atoms with Gasteiger partial charge in [0.2, 0.25) is 5.95 Å². The van der Waals surface area contributed by atoms with Crippen LogP contribution in [0, 0.1) is 0 Å². The summed E-state index contributed by atoms with van der Waals surface area (Å²) in [7, 11) is 0.367. The first-order valence-corrected chi connectivity index (χ1v) is 8.28. The number of aromatic nitrogens is 2. The highest BCUT2D eigenvalue weighted by atomic mass is 79.9. The van der Waals surface area contributed by atoms with Gasteiger partial charge in [-0.05, 0) is 56.5 Å². The van der Waals surface area contributed by atoms with Crippen LogP contribution in [0.25, 0.3) is 0 Å². The molecule has 0 N–H and O–H groups in total. The summed E-state index contributed by atoms with van der Waals surface area (Å²) in [5.74, 6) is 0.775. The van der Waals surface area contributed by atoms with E-state index < -0.39 is 0 Å². The average Bonchev–Trinajstić information content (AvgIpc) is 2.44. The molecular formula is C14H25BBrN3O2. The van der Waals surface area contributed by atoms with Gasteiger partial charge in [0.25, 0.3) is 0 Å². The lowest BCUT2D eigenvalue weighted by Gasteiger charge is -2.21. The molecule has 1 unspecified atom stereocenters. The fraction of sp³-hybridized carbons (Fsp3) is 0.714. The Hall–Kier alpha value is -0.655. The van der Waals surface area contributed by atoms with E-state index in [4.69, 9.17) is 9.31 Å². The third-order valence-corrected chi connectivity index (χ3v) is 3.47. The fourth-order valence-corrected chi connectivity index (χ4v) is 2.02. The van der Waals surface area contributed by atoms with Crippen molar-refractivity contribution >= 4 is 29.6 Å². The Labute approximate surface area is 136 Å². The van der Waals surface area contributed by atoms with Gasteiger partial charge < -0.3 is 14.2 Å².